The average molecular weight is 310 g/mol. The van der Waals surface area contributed by atoms with Crippen molar-refractivity contribution in [3.63, 3.8) is 0 Å². The first-order valence-electron chi connectivity index (χ1n) is 9.04. The Balaban J connectivity index is 2.01. The van der Waals surface area contributed by atoms with Gasteiger partial charge in [-0.3, -0.25) is 4.90 Å². The number of nitrogens with zero attached hydrogens (tertiary/aromatic N) is 4. The number of hydrogen-bond donors (Lipinski definition) is 0. The van der Waals surface area contributed by atoms with Crippen LogP contribution >= 0.6 is 0 Å². The number of fused-ring (bicyclic) bond motifs is 3. The minimum atomic E-state index is 0.590. The van der Waals surface area contributed by atoms with Crippen LogP contribution < -0.4 is 0 Å². The van der Waals surface area contributed by atoms with Crippen molar-refractivity contribution in [2.45, 2.75) is 20.3 Å². The molecule has 22 heavy (non-hydrogen) atoms. The number of carbonyl (C=O) groups is 1. The molecule has 2 aliphatic heterocycles. The number of aldehydes is 1. The summed E-state index contributed by atoms with van der Waals surface area (Å²) in [6.45, 7) is 17.9. The largest absolute Gasteiger partial charge is 0.302 e. The second-order valence-electron chi connectivity index (χ2n) is 6.96. The third kappa shape index (κ3) is 5.95. The maximum Gasteiger partial charge on any atom is 0.133 e. The summed E-state index contributed by atoms with van der Waals surface area (Å²) in [5.41, 5.74) is 0. The molecular formula is C17H34N4O. The van der Waals surface area contributed by atoms with Gasteiger partial charge in [0.25, 0.3) is 0 Å². The molecule has 0 aromatic heterocycles. The molecule has 0 saturated carbocycles. The molecule has 2 heterocycles. The SMILES string of the molecule is CCN1CCN2CCCN(CC=O)CCN(CC2)C[C@H](C)C1. The van der Waals surface area contributed by atoms with Crippen molar-refractivity contribution in [2.75, 3.05) is 78.5 Å². The van der Waals surface area contributed by atoms with Gasteiger partial charge in [-0.25, -0.2) is 0 Å². The smallest absolute Gasteiger partial charge is 0.133 e. The Kier molecular flexibility index (Phi) is 7.80. The van der Waals surface area contributed by atoms with Crippen molar-refractivity contribution >= 4 is 6.29 Å². The monoisotopic (exact) mass is 310 g/mol. The van der Waals surface area contributed by atoms with E-state index in [9.17, 15) is 4.79 Å². The number of hydrogen-bond acceptors (Lipinski definition) is 5. The van der Waals surface area contributed by atoms with Gasteiger partial charge in [-0.2, -0.15) is 0 Å². The Morgan fingerprint density at radius 3 is 2.32 bits per heavy atom. The molecule has 0 aromatic rings. The highest BCUT2D eigenvalue weighted by Gasteiger charge is 2.20. The van der Waals surface area contributed by atoms with E-state index < -0.39 is 0 Å². The maximum atomic E-state index is 10.9. The van der Waals surface area contributed by atoms with E-state index in [0.717, 1.165) is 39.0 Å². The fourth-order valence-corrected chi connectivity index (χ4v) is 3.71. The molecule has 2 bridgehead atoms. The zero-order valence-electron chi connectivity index (χ0n) is 14.5. The summed E-state index contributed by atoms with van der Waals surface area (Å²) in [6, 6.07) is 0. The molecule has 0 amide bonds. The minimum Gasteiger partial charge on any atom is -0.302 e. The fourth-order valence-electron chi connectivity index (χ4n) is 3.71. The average Bonchev–Trinajstić information content (AvgIpc) is 2.52. The highest BCUT2D eigenvalue weighted by Crippen LogP contribution is 2.09. The van der Waals surface area contributed by atoms with Crippen molar-refractivity contribution in [2.24, 2.45) is 5.92 Å². The zero-order valence-corrected chi connectivity index (χ0v) is 14.5. The predicted octanol–water partition coefficient (Wildman–Crippen LogP) is 0.467. The molecule has 3 atom stereocenters. The van der Waals surface area contributed by atoms with Crippen LogP contribution in [0.3, 0.4) is 0 Å². The Bertz CT molecular complexity index is 324. The maximum absolute atomic E-state index is 10.9. The lowest BCUT2D eigenvalue weighted by atomic mass is 10.1. The Hall–Kier alpha value is -0.490. The summed E-state index contributed by atoms with van der Waals surface area (Å²) in [6.07, 6.45) is 2.23. The van der Waals surface area contributed by atoms with E-state index in [-0.39, 0.29) is 0 Å². The van der Waals surface area contributed by atoms with Gasteiger partial charge in [0.15, 0.2) is 0 Å². The van der Waals surface area contributed by atoms with Gasteiger partial charge in [-0.15, -0.1) is 0 Å². The number of rotatable bonds is 3. The van der Waals surface area contributed by atoms with Crippen LogP contribution in [-0.4, -0.2) is 104 Å². The van der Waals surface area contributed by atoms with E-state index >= 15 is 0 Å². The fraction of sp³-hybridized carbons (Fsp3) is 0.941. The van der Waals surface area contributed by atoms with Crippen LogP contribution in [0.2, 0.25) is 0 Å². The number of likely N-dealkylation sites (N-methyl/N-ethyl adjacent to an activating group) is 1. The summed E-state index contributed by atoms with van der Waals surface area (Å²) in [7, 11) is 0. The quantitative estimate of drug-likeness (QED) is 0.707. The molecule has 5 nitrogen and oxygen atoms in total. The molecule has 2 rings (SSSR count). The first-order chi connectivity index (χ1) is 10.7. The van der Waals surface area contributed by atoms with Crippen LogP contribution in [0.4, 0.5) is 0 Å². The van der Waals surface area contributed by atoms with Crippen molar-refractivity contribution in [1.82, 2.24) is 19.6 Å². The number of carbonyl (C=O) groups excluding carboxylic acids is 1. The van der Waals surface area contributed by atoms with Gasteiger partial charge < -0.3 is 19.5 Å². The van der Waals surface area contributed by atoms with Crippen molar-refractivity contribution < 1.29 is 4.79 Å². The molecule has 0 aromatic carbocycles. The lowest BCUT2D eigenvalue weighted by molar-refractivity contribution is -0.109. The molecule has 2 saturated heterocycles. The normalized spacial score (nSPS) is 33.5. The molecule has 128 valence electrons. The van der Waals surface area contributed by atoms with Crippen LogP contribution in [0.25, 0.3) is 0 Å². The predicted molar refractivity (Wildman–Crippen MR) is 91.3 cm³/mol. The second-order valence-corrected chi connectivity index (χ2v) is 6.96. The van der Waals surface area contributed by atoms with E-state index in [1.165, 1.54) is 45.7 Å². The summed E-state index contributed by atoms with van der Waals surface area (Å²) >= 11 is 0. The van der Waals surface area contributed by atoms with Crippen LogP contribution in [0, 0.1) is 5.92 Å². The molecule has 5 heteroatoms. The van der Waals surface area contributed by atoms with E-state index in [1.54, 1.807) is 0 Å². The molecule has 0 radical (unpaired) electrons. The van der Waals surface area contributed by atoms with Crippen molar-refractivity contribution in [3.05, 3.63) is 0 Å². The first-order valence-corrected chi connectivity index (χ1v) is 9.04. The van der Waals surface area contributed by atoms with Crippen LogP contribution in [0.5, 0.6) is 0 Å². The van der Waals surface area contributed by atoms with Gasteiger partial charge in [-0.05, 0) is 32.0 Å². The van der Waals surface area contributed by atoms with Crippen molar-refractivity contribution in [3.8, 4) is 0 Å². The lowest BCUT2D eigenvalue weighted by Crippen LogP contribution is -2.48. The van der Waals surface area contributed by atoms with Crippen LogP contribution in [-0.2, 0) is 4.79 Å². The summed E-state index contributed by atoms with van der Waals surface area (Å²) in [5, 5.41) is 0. The summed E-state index contributed by atoms with van der Waals surface area (Å²) in [5.74, 6) is 0.717. The van der Waals surface area contributed by atoms with E-state index in [1.807, 2.05) is 0 Å². The third-order valence-corrected chi connectivity index (χ3v) is 5.07. The van der Waals surface area contributed by atoms with Gasteiger partial charge >= 0.3 is 0 Å². The van der Waals surface area contributed by atoms with Crippen LogP contribution in [0.15, 0.2) is 0 Å². The van der Waals surface area contributed by atoms with Crippen molar-refractivity contribution in [1.29, 1.82) is 0 Å². The van der Waals surface area contributed by atoms with Gasteiger partial charge in [0.2, 0.25) is 0 Å². The second kappa shape index (κ2) is 9.60. The van der Waals surface area contributed by atoms with E-state index in [2.05, 4.69) is 33.4 Å². The summed E-state index contributed by atoms with van der Waals surface area (Å²) in [4.78, 5) is 21.0. The zero-order chi connectivity index (χ0) is 15.8. The molecule has 2 fully saturated rings. The third-order valence-electron chi connectivity index (χ3n) is 5.07. The van der Waals surface area contributed by atoms with Gasteiger partial charge in [0.05, 0.1) is 6.54 Å². The van der Waals surface area contributed by atoms with E-state index in [4.69, 9.17) is 0 Å². The van der Waals surface area contributed by atoms with Gasteiger partial charge in [0.1, 0.15) is 6.29 Å². The molecule has 2 unspecified atom stereocenters. The topological polar surface area (TPSA) is 30.0 Å². The minimum absolute atomic E-state index is 0.590. The van der Waals surface area contributed by atoms with Gasteiger partial charge in [-0.1, -0.05) is 13.8 Å². The van der Waals surface area contributed by atoms with Gasteiger partial charge in [0, 0.05) is 52.4 Å². The Morgan fingerprint density at radius 1 is 0.864 bits per heavy atom. The highest BCUT2D eigenvalue weighted by atomic mass is 16.1. The molecule has 0 N–H and O–H groups in total. The molecular weight excluding hydrogens is 276 g/mol. The molecule has 2 aliphatic rings. The highest BCUT2D eigenvalue weighted by molar-refractivity contribution is 5.51. The molecule has 0 aliphatic carbocycles. The first kappa shape index (κ1) is 17.9. The Labute approximate surface area is 136 Å². The lowest BCUT2D eigenvalue weighted by Gasteiger charge is -2.37. The molecule has 0 spiro atoms. The standard InChI is InChI=1S/C17H34N4O/c1-3-18-7-8-19-5-4-6-20(13-14-22)10-12-21(11-9-19)16-17(2)15-18/h14,17H,3-13,15-16H2,1-2H3/t17-/m1/s1. The van der Waals surface area contributed by atoms with Crippen LogP contribution in [0.1, 0.15) is 20.3 Å². The summed E-state index contributed by atoms with van der Waals surface area (Å²) < 4.78 is 0. The Morgan fingerprint density at radius 2 is 1.55 bits per heavy atom. The van der Waals surface area contributed by atoms with E-state index in [0.29, 0.717) is 12.5 Å².